The molecule has 1 aromatic heterocycles. The molecular weight excluding hydrogens is 303 g/mol. The van der Waals surface area contributed by atoms with E-state index >= 15 is 0 Å². The van der Waals surface area contributed by atoms with Crippen molar-refractivity contribution in [3.05, 3.63) is 44.2 Å². The van der Waals surface area contributed by atoms with Gasteiger partial charge in [-0.25, -0.2) is 4.79 Å². The first kappa shape index (κ1) is 12.7. The normalized spacial score (nSPS) is 10.5. The third-order valence-corrected chi connectivity index (χ3v) is 4.13. The predicted molar refractivity (Wildman–Crippen MR) is 71.7 cm³/mol. The van der Waals surface area contributed by atoms with Crippen molar-refractivity contribution < 1.29 is 9.90 Å². The number of aromatic carboxylic acids is 1. The average molecular weight is 308 g/mol. The molecule has 0 fully saturated rings. The van der Waals surface area contributed by atoms with Crippen molar-refractivity contribution in [2.75, 3.05) is 0 Å². The maximum atomic E-state index is 11.0. The number of carbonyl (C=O) groups is 1. The van der Waals surface area contributed by atoms with Crippen LogP contribution in [0.1, 0.15) is 10.4 Å². The summed E-state index contributed by atoms with van der Waals surface area (Å²) in [6.45, 7) is 0. The number of hydrogen-bond donors (Lipinski definition) is 1. The fraction of sp³-hybridized carbons (Fsp3) is 0. The Hall–Kier alpha value is -0.740. The lowest BCUT2D eigenvalue weighted by molar-refractivity contribution is 0.0698. The molecule has 1 heterocycles. The number of hydrogen-bond acceptors (Lipinski definition) is 2. The molecule has 1 N–H and O–H groups in total. The van der Waals surface area contributed by atoms with E-state index in [1.165, 1.54) is 23.5 Å². The highest BCUT2D eigenvalue weighted by molar-refractivity contribution is 7.14. The summed E-state index contributed by atoms with van der Waals surface area (Å²) >= 11 is 19.1. The van der Waals surface area contributed by atoms with Crippen LogP contribution in [0.15, 0.2) is 23.6 Å². The van der Waals surface area contributed by atoms with Crippen molar-refractivity contribution in [3.8, 4) is 10.4 Å². The van der Waals surface area contributed by atoms with Gasteiger partial charge in [0.2, 0.25) is 0 Å². The molecule has 0 bridgehead atoms. The summed E-state index contributed by atoms with van der Waals surface area (Å²) in [4.78, 5) is 11.6. The molecule has 0 spiro atoms. The van der Waals surface area contributed by atoms with E-state index in [1.807, 2.05) is 0 Å². The zero-order valence-corrected chi connectivity index (χ0v) is 11.3. The minimum atomic E-state index is -0.997. The summed E-state index contributed by atoms with van der Waals surface area (Å²) in [7, 11) is 0. The van der Waals surface area contributed by atoms with E-state index in [1.54, 1.807) is 11.4 Å². The lowest BCUT2D eigenvalue weighted by Gasteiger charge is -2.05. The topological polar surface area (TPSA) is 37.3 Å². The van der Waals surface area contributed by atoms with Crippen LogP contribution >= 0.6 is 46.1 Å². The molecular formula is C11H5Cl3O2S. The van der Waals surface area contributed by atoms with Crippen LogP contribution in [0.4, 0.5) is 0 Å². The Labute approximate surface area is 116 Å². The lowest BCUT2D eigenvalue weighted by Crippen LogP contribution is -1.95. The van der Waals surface area contributed by atoms with Crippen LogP contribution in [0.2, 0.25) is 15.1 Å². The molecule has 2 aromatic rings. The third-order valence-electron chi connectivity index (χ3n) is 2.15. The molecule has 1 aromatic carbocycles. The van der Waals surface area contributed by atoms with E-state index in [0.717, 1.165) is 0 Å². The highest BCUT2D eigenvalue weighted by atomic mass is 35.5. The number of benzene rings is 1. The van der Waals surface area contributed by atoms with E-state index in [0.29, 0.717) is 25.5 Å². The molecule has 0 amide bonds. The van der Waals surface area contributed by atoms with Gasteiger partial charge in [-0.2, -0.15) is 0 Å². The zero-order chi connectivity index (χ0) is 12.6. The standard InChI is InChI=1S/C11H5Cl3O2S/c12-7-4-9(14)8(13)3-6(7)10-5(11(15)16)1-2-17-10/h1-4H,(H,15,16). The highest BCUT2D eigenvalue weighted by Crippen LogP contribution is 2.39. The molecule has 17 heavy (non-hydrogen) atoms. The summed E-state index contributed by atoms with van der Waals surface area (Å²) < 4.78 is 0. The molecule has 6 heteroatoms. The van der Waals surface area contributed by atoms with Crippen LogP contribution in [0.5, 0.6) is 0 Å². The smallest absolute Gasteiger partial charge is 0.337 e. The monoisotopic (exact) mass is 306 g/mol. The van der Waals surface area contributed by atoms with Crippen molar-refractivity contribution >= 4 is 52.1 Å². The Kier molecular flexibility index (Phi) is 3.64. The van der Waals surface area contributed by atoms with Gasteiger partial charge < -0.3 is 5.11 Å². The van der Waals surface area contributed by atoms with E-state index < -0.39 is 5.97 Å². The highest BCUT2D eigenvalue weighted by Gasteiger charge is 2.16. The van der Waals surface area contributed by atoms with Gasteiger partial charge in [0.25, 0.3) is 0 Å². The third kappa shape index (κ3) is 2.43. The van der Waals surface area contributed by atoms with Crippen LogP contribution in [-0.2, 0) is 0 Å². The average Bonchev–Trinajstić information content (AvgIpc) is 2.72. The first-order chi connectivity index (χ1) is 8.00. The molecule has 0 saturated heterocycles. The maximum absolute atomic E-state index is 11.0. The molecule has 0 atom stereocenters. The predicted octanol–water partition coefficient (Wildman–Crippen LogP) is 5.07. The van der Waals surface area contributed by atoms with E-state index in [2.05, 4.69) is 0 Å². The molecule has 0 unspecified atom stereocenters. The van der Waals surface area contributed by atoms with Gasteiger partial charge in [-0.05, 0) is 23.6 Å². The number of rotatable bonds is 2. The Morgan fingerprint density at radius 2 is 1.76 bits per heavy atom. The number of carboxylic acid groups (broad SMARTS) is 1. The molecule has 2 rings (SSSR count). The van der Waals surface area contributed by atoms with Crippen molar-refractivity contribution in [3.63, 3.8) is 0 Å². The Morgan fingerprint density at radius 3 is 2.41 bits per heavy atom. The van der Waals surface area contributed by atoms with Gasteiger partial charge in [-0.1, -0.05) is 34.8 Å². The van der Waals surface area contributed by atoms with Crippen LogP contribution in [0, 0.1) is 0 Å². The summed E-state index contributed by atoms with van der Waals surface area (Å²) in [5.74, 6) is -0.997. The number of carboxylic acids is 1. The van der Waals surface area contributed by atoms with Gasteiger partial charge in [-0.3, -0.25) is 0 Å². The molecule has 0 saturated carbocycles. The fourth-order valence-electron chi connectivity index (χ4n) is 1.38. The van der Waals surface area contributed by atoms with Crippen LogP contribution in [0.25, 0.3) is 10.4 Å². The van der Waals surface area contributed by atoms with E-state index in [4.69, 9.17) is 39.9 Å². The Bertz CT molecular complexity index is 592. The molecule has 88 valence electrons. The van der Waals surface area contributed by atoms with Gasteiger partial charge in [0.1, 0.15) is 0 Å². The van der Waals surface area contributed by atoms with Crippen LogP contribution in [0.3, 0.4) is 0 Å². The van der Waals surface area contributed by atoms with Gasteiger partial charge in [0.05, 0.1) is 25.5 Å². The van der Waals surface area contributed by atoms with Crippen molar-refractivity contribution in [2.24, 2.45) is 0 Å². The van der Waals surface area contributed by atoms with E-state index in [-0.39, 0.29) is 5.56 Å². The number of halogens is 3. The summed E-state index contributed by atoms with van der Waals surface area (Å²) in [5, 5.41) is 11.8. The van der Waals surface area contributed by atoms with E-state index in [9.17, 15) is 4.79 Å². The summed E-state index contributed by atoms with van der Waals surface area (Å²) in [6, 6.07) is 4.61. The van der Waals surface area contributed by atoms with Crippen molar-refractivity contribution in [2.45, 2.75) is 0 Å². The summed E-state index contributed by atoms with van der Waals surface area (Å²) in [5.41, 5.74) is 0.781. The maximum Gasteiger partial charge on any atom is 0.337 e. The quantitative estimate of drug-likeness (QED) is 0.786. The van der Waals surface area contributed by atoms with Crippen molar-refractivity contribution in [1.29, 1.82) is 0 Å². The Morgan fingerprint density at radius 1 is 1.12 bits per heavy atom. The molecule has 0 aliphatic heterocycles. The molecule has 0 aliphatic carbocycles. The van der Waals surface area contributed by atoms with Crippen molar-refractivity contribution in [1.82, 2.24) is 0 Å². The number of thiophene rings is 1. The second kappa shape index (κ2) is 4.86. The second-order valence-corrected chi connectivity index (χ2v) is 5.35. The lowest BCUT2D eigenvalue weighted by atomic mass is 10.1. The largest absolute Gasteiger partial charge is 0.478 e. The summed E-state index contributed by atoms with van der Waals surface area (Å²) in [6.07, 6.45) is 0. The van der Waals surface area contributed by atoms with Crippen LogP contribution < -0.4 is 0 Å². The van der Waals surface area contributed by atoms with Gasteiger partial charge in [0, 0.05) is 5.56 Å². The van der Waals surface area contributed by atoms with Gasteiger partial charge >= 0.3 is 5.97 Å². The minimum absolute atomic E-state index is 0.204. The second-order valence-electron chi connectivity index (χ2n) is 3.21. The molecule has 2 nitrogen and oxygen atoms in total. The minimum Gasteiger partial charge on any atom is -0.478 e. The Balaban J connectivity index is 2.64. The fourth-order valence-corrected chi connectivity index (χ4v) is 3.00. The first-order valence-corrected chi connectivity index (χ1v) is 6.47. The molecule has 0 radical (unpaired) electrons. The zero-order valence-electron chi connectivity index (χ0n) is 8.21. The molecule has 0 aliphatic rings. The van der Waals surface area contributed by atoms with Crippen LogP contribution in [-0.4, -0.2) is 11.1 Å². The van der Waals surface area contributed by atoms with Gasteiger partial charge in [0.15, 0.2) is 0 Å². The first-order valence-electron chi connectivity index (χ1n) is 4.46. The van der Waals surface area contributed by atoms with Gasteiger partial charge in [-0.15, -0.1) is 11.3 Å². The SMILES string of the molecule is O=C(O)c1ccsc1-c1cc(Cl)c(Cl)cc1Cl.